The average Bonchev–Trinajstić information content (AvgIpc) is 2.57. The number of aryl methyl sites for hydroxylation is 1. The van der Waals surface area contributed by atoms with Gasteiger partial charge < -0.3 is 0 Å². The first-order chi connectivity index (χ1) is 6.70. The van der Waals surface area contributed by atoms with Gasteiger partial charge in [0.05, 0.1) is 13.0 Å². The summed E-state index contributed by atoms with van der Waals surface area (Å²) in [5.41, 5.74) is 9.93. The fourth-order valence-corrected chi connectivity index (χ4v) is 2.00. The molecule has 2 heteroatoms. The molecule has 1 heterocycles. The second-order valence-electron chi connectivity index (χ2n) is 3.97. The van der Waals surface area contributed by atoms with E-state index < -0.39 is 0 Å². The van der Waals surface area contributed by atoms with Crippen LogP contribution in [0.5, 0.6) is 0 Å². The normalized spacial score (nSPS) is 16.4. The Balaban J connectivity index is 2.51. The lowest BCUT2D eigenvalue weighted by Crippen LogP contribution is -2.19. The summed E-state index contributed by atoms with van der Waals surface area (Å²) in [6, 6.07) is 6.40. The van der Waals surface area contributed by atoms with Crippen LogP contribution in [0.1, 0.15) is 24.0 Å². The van der Waals surface area contributed by atoms with E-state index in [1.54, 1.807) is 0 Å². The molecule has 0 spiro atoms. The van der Waals surface area contributed by atoms with Crippen LogP contribution in [0.4, 0.5) is 5.69 Å². The highest BCUT2D eigenvalue weighted by Gasteiger charge is 2.20. The van der Waals surface area contributed by atoms with Crippen molar-refractivity contribution in [3.05, 3.63) is 29.3 Å². The van der Waals surface area contributed by atoms with E-state index in [1.165, 1.54) is 23.2 Å². The van der Waals surface area contributed by atoms with Crippen molar-refractivity contribution in [2.45, 2.75) is 26.7 Å². The number of benzene rings is 1. The average molecular weight is 189 g/mol. The number of nitrogens with zero attached hydrogens (tertiary/aromatic N) is 1. The van der Waals surface area contributed by atoms with Gasteiger partial charge in [-0.25, -0.2) is 4.58 Å². The molecule has 0 aromatic heterocycles. The molecule has 0 radical (unpaired) electrons. The summed E-state index contributed by atoms with van der Waals surface area (Å²) in [7, 11) is 0. The van der Waals surface area contributed by atoms with Crippen LogP contribution in [0.3, 0.4) is 0 Å². The fourth-order valence-electron chi connectivity index (χ4n) is 2.00. The van der Waals surface area contributed by atoms with Gasteiger partial charge in [-0.05, 0) is 37.5 Å². The van der Waals surface area contributed by atoms with Crippen molar-refractivity contribution in [1.82, 2.24) is 0 Å². The molecular weight excluding hydrogens is 172 g/mol. The summed E-state index contributed by atoms with van der Waals surface area (Å²) in [6.07, 6.45) is 2.21. The Bertz CT molecular complexity index is 391. The lowest BCUT2D eigenvalue weighted by Gasteiger charge is -2.08. The Hall–Kier alpha value is -1.31. The molecule has 0 atom stereocenters. The molecule has 74 valence electrons. The van der Waals surface area contributed by atoms with Crippen molar-refractivity contribution in [2.24, 2.45) is 5.73 Å². The fraction of sp³-hybridized carbons (Fsp3) is 0.417. The van der Waals surface area contributed by atoms with Gasteiger partial charge in [0.1, 0.15) is 5.69 Å². The standard InChI is InChI=1S/C12H16N2/c1-9-5-3-6-11(10(9)2)14-8-4-7-12(14)13/h3,5-6,13H,4,7-8H2,1-2H3/p+1. The van der Waals surface area contributed by atoms with Crippen LogP contribution in [0.25, 0.3) is 0 Å². The third-order valence-corrected chi connectivity index (χ3v) is 3.03. The summed E-state index contributed by atoms with van der Waals surface area (Å²) < 4.78 is 2.24. The first kappa shape index (κ1) is 9.25. The van der Waals surface area contributed by atoms with Gasteiger partial charge in [-0.15, -0.1) is 0 Å². The molecule has 0 saturated carbocycles. The molecule has 0 saturated heterocycles. The summed E-state index contributed by atoms with van der Waals surface area (Å²) in [5.74, 6) is 1.01. The molecule has 0 amide bonds. The Morgan fingerprint density at radius 1 is 1.29 bits per heavy atom. The minimum absolute atomic E-state index is 1.01. The van der Waals surface area contributed by atoms with E-state index in [2.05, 4.69) is 36.6 Å². The first-order valence-electron chi connectivity index (χ1n) is 5.15. The van der Waals surface area contributed by atoms with E-state index in [9.17, 15) is 0 Å². The minimum Gasteiger partial charge on any atom is -0.291 e. The lowest BCUT2D eigenvalue weighted by molar-refractivity contribution is -0.432. The molecule has 0 fully saturated rings. The van der Waals surface area contributed by atoms with Crippen LogP contribution in [-0.4, -0.2) is 17.0 Å². The zero-order valence-corrected chi connectivity index (χ0v) is 8.88. The summed E-state index contributed by atoms with van der Waals surface area (Å²) in [6.45, 7) is 5.37. The molecule has 0 unspecified atom stereocenters. The van der Waals surface area contributed by atoms with Gasteiger partial charge in [-0.3, -0.25) is 5.73 Å². The Morgan fingerprint density at radius 3 is 2.71 bits per heavy atom. The maximum atomic E-state index is 5.97. The lowest BCUT2D eigenvalue weighted by atomic mass is 10.1. The van der Waals surface area contributed by atoms with Crippen LogP contribution < -0.4 is 5.73 Å². The summed E-state index contributed by atoms with van der Waals surface area (Å²) in [5, 5.41) is 0. The highest BCUT2D eigenvalue weighted by Crippen LogP contribution is 2.23. The summed E-state index contributed by atoms with van der Waals surface area (Å²) >= 11 is 0. The molecule has 2 N–H and O–H groups in total. The van der Waals surface area contributed by atoms with E-state index in [1.807, 2.05) is 0 Å². The quantitative estimate of drug-likeness (QED) is 0.673. The Morgan fingerprint density at radius 2 is 2.07 bits per heavy atom. The maximum absolute atomic E-state index is 5.97. The maximum Gasteiger partial charge on any atom is 0.247 e. The highest BCUT2D eigenvalue weighted by atomic mass is 15.1. The van der Waals surface area contributed by atoms with Crippen molar-refractivity contribution in [2.75, 3.05) is 6.54 Å². The van der Waals surface area contributed by atoms with E-state index in [0.717, 1.165) is 18.8 Å². The van der Waals surface area contributed by atoms with Crippen molar-refractivity contribution < 1.29 is 4.58 Å². The van der Waals surface area contributed by atoms with Gasteiger partial charge in [0, 0.05) is 0 Å². The number of hydrogen-bond donors (Lipinski definition) is 1. The molecule has 14 heavy (non-hydrogen) atoms. The number of nitrogens with two attached hydrogens (primary N) is 1. The monoisotopic (exact) mass is 189 g/mol. The molecule has 1 aromatic rings. The van der Waals surface area contributed by atoms with Gasteiger partial charge in [-0.2, -0.15) is 0 Å². The molecular formula is C12H17N2+. The van der Waals surface area contributed by atoms with E-state index in [-0.39, 0.29) is 0 Å². The second-order valence-corrected chi connectivity index (χ2v) is 3.97. The van der Waals surface area contributed by atoms with Gasteiger partial charge in [0.2, 0.25) is 5.84 Å². The third-order valence-electron chi connectivity index (χ3n) is 3.03. The van der Waals surface area contributed by atoms with E-state index >= 15 is 0 Å². The summed E-state index contributed by atoms with van der Waals surface area (Å²) in [4.78, 5) is 0. The number of amidine groups is 1. The SMILES string of the molecule is Cc1cccc([N+]2=C(N)CCC2)c1C. The predicted molar refractivity (Wildman–Crippen MR) is 59.1 cm³/mol. The second kappa shape index (κ2) is 3.45. The van der Waals surface area contributed by atoms with E-state index in [0.29, 0.717) is 0 Å². The molecule has 0 bridgehead atoms. The Labute approximate surface area is 85.1 Å². The molecule has 1 aliphatic rings. The van der Waals surface area contributed by atoms with Crippen LogP contribution >= 0.6 is 0 Å². The van der Waals surface area contributed by atoms with Crippen LogP contribution in [0.15, 0.2) is 18.2 Å². The largest absolute Gasteiger partial charge is 0.291 e. The molecule has 1 aromatic carbocycles. The number of rotatable bonds is 1. The van der Waals surface area contributed by atoms with E-state index in [4.69, 9.17) is 5.73 Å². The van der Waals surface area contributed by atoms with Crippen molar-refractivity contribution in [3.8, 4) is 0 Å². The molecule has 0 aliphatic carbocycles. The van der Waals surface area contributed by atoms with Crippen LogP contribution in [0, 0.1) is 13.8 Å². The molecule has 2 rings (SSSR count). The Kier molecular flexibility index (Phi) is 2.28. The third kappa shape index (κ3) is 1.41. The topological polar surface area (TPSA) is 29.0 Å². The smallest absolute Gasteiger partial charge is 0.247 e. The first-order valence-corrected chi connectivity index (χ1v) is 5.15. The predicted octanol–water partition coefficient (Wildman–Crippen LogP) is 2.10. The minimum atomic E-state index is 1.01. The number of hydrogen-bond acceptors (Lipinski definition) is 1. The zero-order chi connectivity index (χ0) is 10.1. The van der Waals surface area contributed by atoms with Crippen molar-refractivity contribution in [1.29, 1.82) is 0 Å². The van der Waals surface area contributed by atoms with Gasteiger partial charge >= 0.3 is 0 Å². The van der Waals surface area contributed by atoms with Crippen LogP contribution in [-0.2, 0) is 0 Å². The van der Waals surface area contributed by atoms with Crippen LogP contribution in [0.2, 0.25) is 0 Å². The van der Waals surface area contributed by atoms with Gasteiger partial charge in [0.15, 0.2) is 0 Å². The zero-order valence-electron chi connectivity index (χ0n) is 8.88. The van der Waals surface area contributed by atoms with Crippen molar-refractivity contribution in [3.63, 3.8) is 0 Å². The van der Waals surface area contributed by atoms with Gasteiger partial charge in [0.25, 0.3) is 0 Å². The highest BCUT2D eigenvalue weighted by molar-refractivity contribution is 5.77. The van der Waals surface area contributed by atoms with Gasteiger partial charge in [-0.1, -0.05) is 12.1 Å². The van der Waals surface area contributed by atoms with Crippen molar-refractivity contribution >= 4 is 11.5 Å². The molecule has 2 nitrogen and oxygen atoms in total. The molecule has 1 aliphatic heterocycles.